The van der Waals surface area contributed by atoms with Gasteiger partial charge in [-0.15, -0.1) is 0 Å². The van der Waals surface area contributed by atoms with Crippen LogP contribution in [0, 0.1) is 5.41 Å². The van der Waals surface area contributed by atoms with E-state index in [0.717, 1.165) is 30.6 Å². The zero-order chi connectivity index (χ0) is 17.2. The van der Waals surface area contributed by atoms with Crippen LogP contribution < -0.4 is 0 Å². The monoisotopic (exact) mass is 349 g/mol. The fourth-order valence-electron chi connectivity index (χ4n) is 3.90. The second-order valence-corrected chi connectivity index (χ2v) is 9.09. The molecular formula is C18H23NO4S. The number of hydrogen-bond acceptors (Lipinski definition) is 4. The van der Waals surface area contributed by atoms with E-state index in [0.29, 0.717) is 12.8 Å². The standard InChI is InChI=1S/C18H23NO4S/c20-16-13-18(9-5-2-6-10-18)14-17(21)19(16)11-12-24(22,23)15-7-3-1-4-8-15/h1,3-4,7-8H,2,5-6,9-14H2. The van der Waals surface area contributed by atoms with Crippen LogP contribution in [0.2, 0.25) is 0 Å². The van der Waals surface area contributed by atoms with Crippen LogP contribution in [0.4, 0.5) is 0 Å². The third kappa shape index (κ3) is 3.53. The minimum atomic E-state index is -3.49. The van der Waals surface area contributed by atoms with Gasteiger partial charge in [0.1, 0.15) is 0 Å². The zero-order valence-electron chi connectivity index (χ0n) is 13.7. The second kappa shape index (κ2) is 6.67. The molecule has 1 aliphatic heterocycles. The summed E-state index contributed by atoms with van der Waals surface area (Å²) in [5.41, 5.74) is -0.165. The molecule has 0 radical (unpaired) electrons. The lowest BCUT2D eigenvalue weighted by Crippen LogP contribution is -2.49. The van der Waals surface area contributed by atoms with Crippen molar-refractivity contribution in [1.29, 1.82) is 0 Å². The molecule has 1 saturated carbocycles. The van der Waals surface area contributed by atoms with Gasteiger partial charge in [0.05, 0.1) is 10.6 Å². The van der Waals surface area contributed by atoms with E-state index in [2.05, 4.69) is 0 Å². The molecule has 1 spiro atoms. The Balaban J connectivity index is 1.66. The van der Waals surface area contributed by atoms with Gasteiger partial charge in [0.2, 0.25) is 11.8 Å². The van der Waals surface area contributed by atoms with Gasteiger partial charge in [-0.1, -0.05) is 37.5 Å². The lowest BCUT2D eigenvalue weighted by atomic mass is 9.67. The molecular weight excluding hydrogens is 326 g/mol. The average molecular weight is 349 g/mol. The van der Waals surface area contributed by atoms with Gasteiger partial charge < -0.3 is 0 Å². The first-order chi connectivity index (χ1) is 11.4. The maximum Gasteiger partial charge on any atom is 0.229 e. The van der Waals surface area contributed by atoms with Crippen LogP contribution in [-0.4, -0.2) is 37.4 Å². The van der Waals surface area contributed by atoms with E-state index in [4.69, 9.17) is 0 Å². The van der Waals surface area contributed by atoms with Crippen LogP contribution in [-0.2, 0) is 19.4 Å². The van der Waals surface area contributed by atoms with Gasteiger partial charge in [-0.25, -0.2) is 8.42 Å². The molecule has 1 saturated heterocycles. The Bertz CT molecular complexity index is 701. The number of benzene rings is 1. The number of rotatable bonds is 4. The lowest BCUT2D eigenvalue weighted by Gasteiger charge is -2.42. The Labute approximate surface area is 143 Å². The van der Waals surface area contributed by atoms with Crippen molar-refractivity contribution in [3.8, 4) is 0 Å². The number of carbonyl (C=O) groups excluding carboxylic acids is 2. The summed E-state index contributed by atoms with van der Waals surface area (Å²) in [6.45, 7) is -0.0506. The third-order valence-electron chi connectivity index (χ3n) is 5.25. The van der Waals surface area contributed by atoms with Crippen molar-refractivity contribution in [2.24, 2.45) is 5.41 Å². The molecule has 1 aromatic carbocycles. The highest BCUT2D eigenvalue weighted by Crippen LogP contribution is 2.45. The van der Waals surface area contributed by atoms with E-state index in [-0.39, 0.29) is 34.4 Å². The minimum absolute atomic E-state index is 0.0506. The molecule has 0 aromatic heterocycles. The van der Waals surface area contributed by atoms with Gasteiger partial charge in [-0.2, -0.15) is 0 Å². The molecule has 6 heteroatoms. The van der Waals surface area contributed by atoms with Crippen LogP contribution in [0.5, 0.6) is 0 Å². The maximum atomic E-state index is 12.4. The summed E-state index contributed by atoms with van der Waals surface area (Å²) in [4.78, 5) is 26.3. The molecule has 0 N–H and O–H groups in total. The first kappa shape index (κ1) is 17.1. The van der Waals surface area contributed by atoms with E-state index in [1.807, 2.05) is 0 Å². The van der Waals surface area contributed by atoms with E-state index in [1.54, 1.807) is 18.2 Å². The summed E-state index contributed by atoms with van der Waals surface area (Å²) in [6.07, 6.45) is 5.94. The number of sulfone groups is 1. The van der Waals surface area contributed by atoms with E-state index < -0.39 is 9.84 Å². The van der Waals surface area contributed by atoms with Crippen molar-refractivity contribution in [2.75, 3.05) is 12.3 Å². The molecule has 24 heavy (non-hydrogen) atoms. The third-order valence-corrected chi connectivity index (χ3v) is 6.97. The van der Waals surface area contributed by atoms with Gasteiger partial charge in [0.25, 0.3) is 0 Å². The summed E-state index contributed by atoms with van der Waals surface area (Å²) >= 11 is 0. The molecule has 1 aromatic rings. The topological polar surface area (TPSA) is 71.5 Å². The van der Waals surface area contributed by atoms with Crippen molar-refractivity contribution in [3.05, 3.63) is 30.3 Å². The van der Waals surface area contributed by atoms with Crippen LogP contribution in [0.3, 0.4) is 0 Å². The number of imide groups is 1. The summed E-state index contributed by atoms with van der Waals surface area (Å²) < 4.78 is 24.7. The van der Waals surface area contributed by atoms with Crippen molar-refractivity contribution in [2.45, 2.75) is 49.8 Å². The van der Waals surface area contributed by atoms with Gasteiger partial charge in [0.15, 0.2) is 9.84 Å². The molecule has 0 unspecified atom stereocenters. The van der Waals surface area contributed by atoms with Crippen molar-refractivity contribution in [3.63, 3.8) is 0 Å². The lowest BCUT2D eigenvalue weighted by molar-refractivity contribution is -0.154. The number of piperidine rings is 1. The summed E-state index contributed by atoms with van der Waals surface area (Å²) in [5, 5.41) is 0. The Hall–Kier alpha value is -1.69. The summed E-state index contributed by atoms with van der Waals surface area (Å²) in [7, 11) is -3.49. The maximum absolute atomic E-state index is 12.4. The van der Waals surface area contributed by atoms with Gasteiger partial charge in [0, 0.05) is 19.4 Å². The quantitative estimate of drug-likeness (QED) is 0.783. The number of carbonyl (C=O) groups is 2. The van der Waals surface area contributed by atoms with E-state index >= 15 is 0 Å². The highest BCUT2D eigenvalue weighted by Gasteiger charge is 2.44. The van der Waals surface area contributed by atoms with E-state index in [9.17, 15) is 18.0 Å². The Morgan fingerprint density at radius 1 is 0.917 bits per heavy atom. The average Bonchev–Trinajstić information content (AvgIpc) is 2.55. The van der Waals surface area contributed by atoms with Crippen LogP contribution in [0.25, 0.3) is 0 Å². The molecule has 0 atom stereocenters. The van der Waals surface area contributed by atoms with Gasteiger partial charge in [-0.05, 0) is 30.4 Å². The summed E-state index contributed by atoms with van der Waals surface area (Å²) in [6, 6.07) is 8.15. The van der Waals surface area contributed by atoms with Crippen molar-refractivity contribution < 1.29 is 18.0 Å². The molecule has 130 valence electrons. The minimum Gasteiger partial charge on any atom is -0.282 e. The van der Waals surface area contributed by atoms with Crippen molar-refractivity contribution >= 4 is 21.7 Å². The Morgan fingerprint density at radius 3 is 2.08 bits per heavy atom. The van der Waals surface area contributed by atoms with Crippen LogP contribution in [0.1, 0.15) is 44.9 Å². The molecule has 2 fully saturated rings. The summed E-state index contributed by atoms with van der Waals surface area (Å²) in [5.74, 6) is -0.644. The highest BCUT2D eigenvalue weighted by atomic mass is 32.2. The molecule has 3 rings (SSSR count). The zero-order valence-corrected chi connectivity index (χ0v) is 14.6. The number of nitrogens with zero attached hydrogens (tertiary/aromatic N) is 1. The Morgan fingerprint density at radius 2 is 1.50 bits per heavy atom. The molecule has 0 bridgehead atoms. The van der Waals surface area contributed by atoms with Crippen LogP contribution in [0.15, 0.2) is 35.2 Å². The van der Waals surface area contributed by atoms with Gasteiger partial charge in [-0.3, -0.25) is 14.5 Å². The predicted molar refractivity (Wildman–Crippen MR) is 90.0 cm³/mol. The fourth-order valence-corrected chi connectivity index (χ4v) is 5.13. The second-order valence-electron chi connectivity index (χ2n) is 6.99. The predicted octanol–water partition coefficient (Wildman–Crippen LogP) is 2.56. The van der Waals surface area contributed by atoms with Gasteiger partial charge >= 0.3 is 0 Å². The first-order valence-corrected chi connectivity index (χ1v) is 10.2. The smallest absolute Gasteiger partial charge is 0.229 e. The first-order valence-electron chi connectivity index (χ1n) is 8.53. The molecule has 5 nitrogen and oxygen atoms in total. The molecule has 1 aliphatic carbocycles. The van der Waals surface area contributed by atoms with Crippen molar-refractivity contribution in [1.82, 2.24) is 4.90 Å². The number of likely N-dealkylation sites (tertiary alicyclic amines) is 1. The number of amides is 2. The van der Waals surface area contributed by atoms with Crippen LogP contribution >= 0.6 is 0 Å². The van der Waals surface area contributed by atoms with E-state index in [1.165, 1.54) is 18.6 Å². The normalized spacial score (nSPS) is 21.2. The fraction of sp³-hybridized carbons (Fsp3) is 0.556. The highest BCUT2D eigenvalue weighted by molar-refractivity contribution is 7.91. The largest absolute Gasteiger partial charge is 0.282 e. The SMILES string of the molecule is O=C1CC2(CCCCC2)CC(=O)N1CCS(=O)(=O)c1ccccc1. The molecule has 2 aliphatic rings. The number of hydrogen-bond donors (Lipinski definition) is 0. The molecule has 2 amide bonds. The Kier molecular flexibility index (Phi) is 4.76. The molecule has 1 heterocycles.